The fraction of sp³-hybridized carbons (Fsp3) is 0.538. The number of benzene rings is 1. The standard InChI is InChI=1S/C13H16Cl2FNO/c14-9-13(3-5-18-6-4-13)17-8-10-1-2-11(16)7-12(10)15/h1-2,7,17H,3-6,8-9H2. The van der Waals surface area contributed by atoms with Crippen molar-refractivity contribution in [3.63, 3.8) is 0 Å². The van der Waals surface area contributed by atoms with E-state index in [-0.39, 0.29) is 11.4 Å². The third kappa shape index (κ3) is 3.35. The number of ether oxygens (including phenoxy) is 1. The van der Waals surface area contributed by atoms with Gasteiger partial charge < -0.3 is 10.1 Å². The molecule has 1 saturated heterocycles. The zero-order valence-corrected chi connectivity index (χ0v) is 11.5. The van der Waals surface area contributed by atoms with Gasteiger partial charge in [-0.15, -0.1) is 11.6 Å². The van der Waals surface area contributed by atoms with E-state index in [0.717, 1.165) is 31.6 Å². The van der Waals surface area contributed by atoms with Gasteiger partial charge in [-0.3, -0.25) is 0 Å². The van der Waals surface area contributed by atoms with E-state index < -0.39 is 0 Å². The van der Waals surface area contributed by atoms with Gasteiger partial charge >= 0.3 is 0 Å². The largest absolute Gasteiger partial charge is 0.381 e. The molecule has 2 nitrogen and oxygen atoms in total. The van der Waals surface area contributed by atoms with E-state index in [4.69, 9.17) is 27.9 Å². The average molecular weight is 292 g/mol. The molecule has 0 amide bonds. The molecule has 100 valence electrons. The zero-order chi connectivity index (χ0) is 13.0. The van der Waals surface area contributed by atoms with Crippen molar-refractivity contribution >= 4 is 23.2 Å². The fourth-order valence-electron chi connectivity index (χ4n) is 2.07. The summed E-state index contributed by atoms with van der Waals surface area (Å²) in [5.74, 6) is 0.219. The van der Waals surface area contributed by atoms with Crippen LogP contribution in [0.2, 0.25) is 5.02 Å². The first-order valence-electron chi connectivity index (χ1n) is 5.98. The van der Waals surface area contributed by atoms with Crippen LogP contribution >= 0.6 is 23.2 Å². The van der Waals surface area contributed by atoms with Crippen molar-refractivity contribution in [2.24, 2.45) is 0 Å². The molecule has 1 aromatic carbocycles. The maximum atomic E-state index is 12.9. The summed E-state index contributed by atoms with van der Waals surface area (Å²) in [4.78, 5) is 0. The molecule has 1 aliphatic heterocycles. The monoisotopic (exact) mass is 291 g/mol. The summed E-state index contributed by atoms with van der Waals surface area (Å²) < 4.78 is 18.3. The van der Waals surface area contributed by atoms with Gasteiger partial charge in [-0.25, -0.2) is 4.39 Å². The molecule has 1 fully saturated rings. The Balaban J connectivity index is 2.01. The Morgan fingerprint density at radius 3 is 2.67 bits per heavy atom. The van der Waals surface area contributed by atoms with E-state index in [1.54, 1.807) is 6.07 Å². The Bertz CT molecular complexity index is 408. The highest BCUT2D eigenvalue weighted by molar-refractivity contribution is 6.31. The van der Waals surface area contributed by atoms with E-state index >= 15 is 0 Å². The third-order valence-corrected chi connectivity index (χ3v) is 4.24. The van der Waals surface area contributed by atoms with E-state index in [1.165, 1.54) is 12.1 Å². The molecule has 0 bridgehead atoms. The molecule has 1 aliphatic rings. The zero-order valence-electron chi connectivity index (χ0n) is 10.0. The molecule has 18 heavy (non-hydrogen) atoms. The highest BCUT2D eigenvalue weighted by atomic mass is 35.5. The quantitative estimate of drug-likeness (QED) is 0.859. The first-order valence-corrected chi connectivity index (χ1v) is 6.89. The van der Waals surface area contributed by atoms with E-state index in [9.17, 15) is 4.39 Å². The predicted molar refractivity (Wildman–Crippen MR) is 71.8 cm³/mol. The predicted octanol–water partition coefficient (Wildman–Crippen LogP) is 3.36. The molecule has 0 aromatic heterocycles. The number of hydrogen-bond donors (Lipinski definition) is 1. The van der Waals surface area contributed by atoms with Gasteiger partial charge in [-0.05, 0) is 30.5 Å². The van der Waals surface area contributed by atoms with Crippen LogP contribution in [0, 0.1) is 5.82 Å². The smallest absolute Gasteiger partial charge is 0.124 e. The van der Waals surface area contributed by atoms with Gasteiger partial charge in [0.15, 0.2) is 0 Å². The molecule has 0 saturated carbocycles. The second kappa shape index (κ2) is 6.20. The number of nitrogens with one attached hydrogen (secondary N) is 1. The van der Waals surface area contributed by atoms with Gasteiger partial charge in [0, 0.05) is 36.2 Å². The van der Waals surface area contributed by atoms with Crippen LogP contribution in [0.15, 0.2) is 18.2 Å². The van der Waals surface area contributed by atoms with Gasteiger partial charge in [0.2, 0.25) is 0 Å². The van der Waals surface area contributed by atoms with Crippen LogP contribution in [0.25, 0.3) is 0 Å². The Hall–Kier alpha value is -0.350. The molecule has 2 rings (SSSR count). The van der Waals surface area contributed by atoms with Gasteiger partial charge in [-0.1, -0.05) is 17.7 Å². The maximum Gasteiger partial charge on any atom is 0.124 e. The highest BCUT2D eigenvalue weighted by Crippen LogP contribution is 2.24. The van der Waals surface area contributed by atoms with Crippen molar-refractivity contribution in [3.05, 3.63) is 34.6 Å². The highest BCUT2D eigenvalue weighted by Gasteiger charge is 2.31. The van der Waals surface area contributed by atoms with E-state index in [0.29, 0.717) is 17.4 Å². The summed E-state index contributed by atoms with van der Waals surface area (Å²) in [7, 11) is 0. The SMILES string of the molecule is Fc1ccc(CNC2(CCl)CCOCC2)c(Cl)c1. The summed E-state index contributed by atoms with van der Waals surface area (Å²) in [6, 6.07) is 4.45. The molecule has 1 N–H and O–H groups in total. The van der Waals surface area contributed by atoms with Gasteiger partial charge in [-0.2, -0.15) is 0 Å². The lowest BCUT2D eigenvalue weighted by molar-refractivity contribution is 0.0459. The first-order chi connectivity index (χ1) is 8.65. The third-order valence-electron chi connectivity index (χ3n) is 3.37. The van der Waals surface area contributed by atoms with Crippen LogP contribution in [0.3, 0.4) is 0 Å². The molecule has 0 spiro atoms. The van der Waals surface area contributed by atoms with Crippen molar-refractivity contribution < 1.29 is 9.13 Å². The fourth-order valence-corrected chi connectivity index (χ4v) is 2.66. The van der Waals surface area contributed by atoms with E-state index in [2.05, 4.69) is 5.32 Å². The molecule has 0 aliphatic carbocycles. The number of halogens is 3. The molecule has 0 radical (unpaired) electrons. The van der Waals surface area contributed by atoms with Crippen LogP contribution < -0.4 is 5.32 Å². The van der Waals surface area contributed by atoms with Crippen molar-refractivity contribution in [2.75, 3.05) is 19.1 Å². The first kappa shape index (κ1) is 14.1. The Kier molecular flexibility index (Phi) is 4.84. The molecule has 1 aromatic rings. The summed E-state index contributed by atoms with van der Waals surface area (Å²) in [6.07, 6.45) is 1.77. The molecular weight excluding hydrogens is 276 g/mol. The number of alkyl halides is 1. The Morgan fingerprint density at radius 2 is 2.06 bits per heavy atom. The summed E-state index contributed by atoms with van der Waals surface area (Å²) >= 11 is 12.1. The van der Waals surface area contributed by atoms with Crippen LogP contribution in [0.5, 0.6) is 0 Å². The number of rotatable bonds is 4. The molecule has 0 unspecified atom stereocenters. The summed E-state index contributed by atoms with van der Waals surface area (Å²) in [5.41, 5.74) is 0.784. The van der Waals surface area contributed by atoms with Crippen molar-refractivity contribution in [1.82, 2.24) is 5.32 Å². The Labute approximate surface area is 116 Å². The summed E-state index contributed by atoms with van der Waals surface area (Å²) in [6.45, 7) is 2.03. The molecule has 5 heteroatoms. The number of hydrogen-bond acceptors (Lipinski definition) is 2. The van der Waals surface area contributed by atoms with Crippen molar-refractivity contribution in [1.29, 1.82) is 0 Å². The average Bonchev–Trinajstić information content (AvgIpc) is 2.39. The minimum atomic E-state index is -0.318. The van der Waals surface area contributed by atoms with Gasteiger partial charge in [0.1, 0.15) is 5.82 Å². The minimum absolute atomic E-state index is 0.0997. The second-order valence-electron chi connectivity index (χ2n) is 4.62. The normalized spacial score (nSPS) is 18.8. The topological polar surface area (TPSA) is 21.3 Å². The molecule has 1 heterocycles. The van der Waals surface area contributed by atoms with Gasteiger partial charge in [0.25, 0.3) is 0 Å². The van der Waals surface area contributed by atoms with Crippen LogP contribution in [0.1, 0.15) is 18.4 Å². The summed E-state index contributed by atoms with van der Waals surface area (Å²) in [5, 5.41) is 3.89. The van der Waals surface area contributed by atoms with Crippen LogP contribution in [-0.4, -0.2) is 24.6 Å². The molecular formula is C13H16Cl2FNO. The van der Waals surface area contributed by atoms with Crippen molar-refractivity contribution in [2.45, 2.75) is 24.9 Å². The van der Waals surface area contributed by atoms with E-state index in [1.807, 2.05) is 0 Å². The van der Waals surface area contributed by atoms with Gasteiger partial charge in [0.05, 0.1) is 0 Å². The maximum absolute atomic E-state index is 12.9. The second-order valence-corrected chi connectivity index (χ2v) is 5.29. The minimum Gasteiger partial charge on any atom is -0.381 e. The molecule has 0 atom stereocenters. The lowest BCUT2D eigenvalue weighted by Gasteiger charge is -2.36. The van der Waals surface area contributed by atoms with Crippen molar-refractivity contribution in [3.8, 4) is 0 Å². The van der Waals surface area contributed by atoms with Crippen LogP contribution in [0.4, 0.5) is 4.39 Å². The lowest BCUT2D eigenvalue weighted by Crippen LogP contribution is -2.50. The Morgan fingerprint density at radius 1 is 1.33 bits per heavy atom. The lowest BCUT2D eigenvalue weighted by atomic mass is 9.92. The van der Waals surface area contributed by atoms with Crippen LogP contribution in [-0.2, 0) is 11.3 Å².